The Morgan fingerprint density at radius 3 is 3.00 bits per heavy atom. The molecule has 21 heavy (non-hydrogen) atoms. The van der Waals surface area contributed by atoms with E-state index in [0.717, 1.165) is 25.0 Å². The van der Waals surface area contributed by atoms with Gasteiger partial charge in [0.25, 0.3) is 0 Å². The van der Waals surface area contributed by atoms with Gasteiger partial charge in [-0.15, -0.1) is 11.8 Å². The summed E-state index contributed by atoms with van der Waals surface area (Å²) < 4.78 is 31.4. The average Bonchev–Trinajstić information content (AvgIpc) is 2.84. The number of halogens is 2. The van der Waals surface area contributed by atoms with Crippen molar-refractivity contribution in [2.45, 2.75) is 36.1 Å². The smallest absolute Gasteiger partial charge is 0.326 e. The Hall–Kier alpha value is -1.14. The SMILES string of the molecule is COC(=O)C1(N)CCCC1CCSc1cc(F)ccc1F. The topological polar surface area (TPSA) is 52.3 Å². The van der Waals surface area contributed by atoms with Gasteiger partial charge < -0.3 is 10.5 Å². The molecule has 3 nitrogen and oxygen atoms in total. The quantitative estimate of drug-likeness (QED) is 0.670. The number of carbonyl (C=O) groups excluding carboxylic acids is 1. The summed E-state index contributed by atoms with van der Waals surface area (Å²) in [5.41, 5.74) is 5.24. The van der Waals surface area contributed by atoms with Crippen molar-refractivity contribution in [2.75, 3.05) is 12.9 Å². The van der Waals surface area contributed by atoms with E-state index in [2.05, 4.69) is 0 Å². The highest BCUT2D eigenvalue weighted by molar-refractivity contribution is 7.99. The normalized spacial score (nSPS) is 25.0. The number of hydrogen-bond acceptors (Lipinski definition) is 4. The van der Waals surface area contributed by atoms with E-state index in [9.17, 15) is 13.6 Å². The molecule has 6 heteroatoms. The number of ether oxygens (including phenoxy) is 1. The Morgan fingerprint density at radius 2 is 2.29 bits per heavy atom. The van der Waals surface area contributed by atoms with Gasteiger partial charge in [-0.2, -0.15) is 0 Å². The first kappa shape index (κ1) is 16.2. The van der Waals surface area contributed by atoms with Gasteiger partial charge in [0, 0.05) is 4.90 Å². The second-order valence-corrected chi connectivity index (χ2v) is 6.47. The van der Waals surface area contributed by atoms with Gasteiger partial charge in [0.05, 0.1) is 7.11 Å². The van der Waals surface area contributed by atoms with Crippen LogP contribution in [0.1, 0.15) is 25.7 Å². The summed E-state index contributed by atoms with van der Waals surface area (Å²) in [5, 5.41) is 0. The predicted octanol–water partition coefficient (Wildman–Crippen LogP) is 3.12. The van der Waals surface area contributed by atoms with Crippen LogP contribution in [0.25, 0.3) is 0 Å². The molecule has 0 spiro atoms. The first-order valence-electron chi connectivity index (χ1n) is 6.92. The zero-order valence-corrected chi connectivity index (χ0v) is 12.7. The van der Waals surface area contributed by atoms with Crippen molar-refractivity contribution >= 4 is 17.7 Å². The maximum Gasteiger partial charge on any atom is 0.326 e. The van der Waals surface area contributed by atoms with Gasteiger partial charge in [-0.05, 0) is 49.1 Å². The lowest BCUT2D eigenvalue weighted by Gasteiger charge is -2.28. The summed E-state index contributed by atoms with van der Waals surface area (Å²) in [7, 11) is 1.34. The first-order valence-corrected chi connectivity index (χ1v) is 7.91. The second-order valence-electron chi connectivity index (χ2n) is 5.33. The summed E-state index contributed by atoms with van der Waals surface area (Å²) in [4.78, 5) is 12.1. The lowest BCUT2D eigenvalue weighted by molar-refractivity contribution is -0.148. The zero-order valence-electron chi connectivity index (χ0n) is 11.9. The van der Waals surface area contributed by atoms with Gasteiger partial charge in [-0.25, -0.2) is 8.78 Å². The minimum atomic E-state index is -0.935. The highest BCUT2D eigenvalue weighted by Gasteiger charge is 2.46. The van der Waals surface area contributed by atoms with Gasteiger partial charge in [0.15, 0.2) is 0 Å². The van der Waals surface area contributed by atoms with Crippen LogP contribution in [0.5, 0.6) is 0 Å². The summed E-state index contributed by atoms with van der Waals surface area (Å²) in [6.45, 7) is 0. The fraction of sp³-hybridized carbons (Fsp3) is 0.533. The van der Waals surface area contributed by atoms with E-state index in [1.54, 1.807) is 0 Å². The molecule has 1 fully saturated rings. The fourth-order valence-electron chi connectivity index (χ4n) is 2.86. The van der Waals surface area contributed by atoms with E-state index in [1.165, 1.54) is 24.9 Å². The minimum absolute atomic E-state index is 0.0223. The molecule has 1 aromatic rings. The maximum atomic E-state index is 13.5. The molecule has 2 rings (SSSR count). The molecule has 0 heterocycles. The highest BCUT2D eigenvalue weighted by Crippen LogP contribution is 2.38. The third kappa shape index (κ3) is 3.55. The number of methoxy groups -OCH3 is 1. The number of thioether (sulfide) groups is 1. The highest BCUT2D eigenvalue weighted by atomic mass is 32.2. The van der Waals surface area contributed by atoms with Crippen molar-refractivity contribution in [3.8, 4) is 0 Å². The summed E-state index contributed by atoms with van der Waals surface area (Å²) >= 11 is 1.25. The Kier molecular flexibility index (Phi) is 5.22. The molecule has 1 aromatic carbocycles. The van der Waals surface area contributed by atoms with E-state index >= 15 is 0 Å². The zero-order chi connectivity index (χ0) is 15.5. The van der Waals surface area contributed by atoms with Crippen molar-refractivity contribution in [2.24, 2.45) is 11.7 Å². The van der Waals surface area contributed by atoms with Gasteiger partial charge in [0.1, 0.15) is 17.2 Å². The lowest BCUT2D eigenvalue weighted by Crippen LogP contribution is -2.51. The van der Waals surface area contributed by atoms with Crippen LogP contribution in [0, 0.1) is 17.6 Å². The van der Waals surface area contributed by atoms with E-state index in [1.807, 2.05) is 0 Å². The van der Waals surface area contributed by atoms with Crippen molar-refractivity contribution in [3.05, 3.63) is 29.8 Å². The van der Waals surface area contributed by atoms with Crippen LogP contribution in [-0.4, -0.2) is 24.4 Å². The number of hydrogen-bond donors (Lipinski definition) is 1. The van der Waals surface area contributed by atoms with Crippen LogP contribution in [0.3, 0.4) is 0 Å². The molecular weight excluding hydrogens is 296 g/mol. The molecule has 2 atom stereocenters. The number of esters is 1. The van der Waals surface area contributed by atoms with Crippen LogP contribution in [-0.2, 0) is 9.53 Å². The summed E-state index contributed by atoms with van der Waals surface area (Å²) in [5.74, 6) is -0.663. The van der Waals surface area contributed by atoms with Crippen LogP contribution >= 0.6 is 11.8 Å². The van der Waals surface area contributed by atoms with Crippen LogP contribution in [0.15, 0.2) is 23.1 Å². The van der Waals surface area contributed by atoms with Crippen molar-refractivity contribution in [1.29, 1.82) is 0 Å². The molecule has 1 aliphatic rings. The molecule has 0 radical (unpaired) electrons. The van der Waals surface area contributed by atoms with E-state index in [0.29, 0.717) is 18.6 Å². The second kappa shape index (κ2) is 6.75. The number of benzene rings is 1. The molecule has 0 saturated heterocycles. The molecular formula is C15H19F2NO2S. The number of carbonyl (C=O) groups is 1. The lowest BCUT2D eigenvalue weighted by atomic mass is 9.86. The minimum Gasteiger partial charge on any atom is -0.468 e. The Bertz CT molecular complexity index is 526. The maximum absolute atomic E-state index is 13.5. The van der Waals surface area contributed by atoms with Crippen LogP contribution in [0.2, 0.25) is 0 Å². The Labute approximate surface area is 127 Å². The monoisotopic (exact) mass is 315 g/mol. The van der Waals surface area contributed by atoms with Crippen molar-refractivity contribution in [1.82, 2.24) is 0 Å². The molecule has 0 amide bonds. The van der Waals surface area contributed by atoms with E-state index in [4.69, 9.17) is 10.5 Å². The Morgan fingerprint density at radius 1 is 1.52 bits per heavy atom. The summed E-state index contributed by atoms with van der Waals surface area (Å²) in [6.07, 6.45) is 3.03. The third-order valence-corrected chi connectivity index (χ3v) is 5.12. The fourth-order valence-corrected chi connectivity index (χ4v) is 3.89. The third-order valence-electron chi connectivity index (χ3n) is 4.05. The largest absolute Gasteiger partial charge is 0.468 e. The van der Waals surface area contributed by atoms with Crippen molar-refractivity contribution in [3.63, 3.8) is 0 Å². The molecule has 0 bridgehead atoms. The average molecular weight is 315 g/mol. The number of nitrogens with two attached hydrogens (primary N) is 1. The van der Waals surface area contributed by atoms with Gasteiger partial charge in [-0.3, -0.25) is 4.79 Å². The molecule has 0 aromatic heterocycles. The molecule has 0 aliphatic heterocycles. The molecule has 116 valence electrons. The molecule has 2 N–H and O–H groups in total. The first-order chi connectivity index (χ1) is 9.97. The molecule has 1 saturated carbocycles. The Balaban J connectivity index is 1.94. The summed E-state index contributed by atoms with van der Waals surface area (Å²) in [6, 6.07) is 3.40. The number of rotatable bonds is 5. The van der Waals surface area contributed by atoms with Crippen molar-refractivity contribution < 1.29 is 18.3 Å². The molecule has 1 aliphatic carbocycles. The standard InChI is InChI=1S/C15H19F2NO2S/c1-20-14(19)15(18)7-2-3-10(15)6-8-21-13-9-11(16)4-5-12(13)17/h4-5,9-10H,2-3,6-8,18H2,1H3. The predicted molar refractivity (Wildman–Crippen MR) is 78.0 cm³/mol. The van der Waals surface area contributed by atoms with Gasteiger partial charge >= 0.3 is 5.97 Å². The van der Waals surface area contributed by atoms with E-state index < -0.39 is 17.2 Å². The van der Waals surface area contributed by atoms with Gasteiger partial charge in [0.2, 0.25) is 0 Å². The molecule has 2 unspecified atom stereocenters. The van der Waals surface area contributed by atoms with E-state index in [-0.39, 0.29) is 16.8 Å². The van der Waals surface area contributed by atoms with Crippen LogP contribution in [0.4, 0.5) is 8.78 Å². The van der Waals surface area contributed by atoms with Gasteiger partial charge in [-0.1, -0.05) is 6.42 Å². The van der Waals surface area contributed by atoms with Crippen LogP contribution < -0.4 is 5.73 Å².